The van der Waals surface area contributed by atoms with Gasteiger partial charge in [-0.25, -0.2) is 5.43 Å². The molecule has 3 N–H and O–H groups in total. The van der Waals surface area contributed by atoms with Crippen molar-refractivity contribution in [3.8, 4) is 0 Å². The van der Waals surface area contributed by atoms with Gasteiger partial charge in [0.15, 0.2) is 0 Å². The Hall–Kier alpha value is -1.72. The Kier molecular flexibility index (Phi) is 4.03. The van der Waals surface area contributed by atoms with E-state index in [1.165, 1.54) is 0 Å². The van der Waals surface area contributed by atoms with Crippen LogP contribution in [-0.4, -0.2) is 9.97 Å². The minimum absolute atomic E-state index is 0.323. The molecule has 0 aliphatic rings. The predicted molar refractivity (Wildman–Crippen MR) is 85.2 cm³/mol. The van der Waals surface area contributed by atoms with E-state index in [1.807, 2.05) is 30.3 Å². The van der Waals surface area contributed by atoms with Crippen LogP contribution in [0.5, 0.6) is 0 Å². The third-order valence-electron chi connectivity index (χ3n) is 3.30. The lowest BCUT2D eigenvalue weighted by Gasteiger charge is -2.19. The summed E-state index contributed by atoms with van der Waals surface area (Å²) in [6, 6.07) is 10.9. The summed E-state index contributed by atoms with van der Waals surface area (Å²) in [5.74, 6) is 5.75. The minimum atomic E-state index is -0.323. The van der Waals surface area contributed by atoms with E-state index in [0.29, 0.717) is 10.0 Å². The first-order valence-electron chi connectivity index (χ1n) is 6.32. The van der Waals surface area contributed by atoms with Gasteiger partial charge in [0.1, 0.15) is 0 Å². The number of hydrogen-bond donors (Lipinski definition) is 2. The molecular weight excluding hydrogens is 307 g/mol. The Labute approximate surface area is 131 Å². The molecule has 21 heavy (non-hydrogen) atoms. The number of para-hydroxylation sites is 1. The summed E-state index contributed by atoms with van der Waals surface area (Å²) >= 11 is 12.4. The largest absolute Gasteiger partial charge is 0.271 e. The molecule has 4 nitrogen and oxygen atoms in total. The van der Waals surface area contributed by atoms with Crippen LogP contribution in [0.1, 0.15) is 17.2 Å². The van der Waals surface area contributed by atoms with Gasteiger partial charge in [0, 0.05) is 18.0 Å². The topological polar surface area (TPSA) is 63.8 Å². The van der Waals surface area contributed by atoms with Gasteiger partial charge in [-0.2, -0.15) is 0 Å². The van der Waals surface area contributed by atoms with Crippen LogP contribution >= 0.6 is 23.2 Å². The second kappa shape index (κ2) is 5.95. The molecule has 0 fully saturated rings. The zero-order valence-electron chi connectivity index (χ0n) is 10.9. The fraction of sp³-hybridized carbons (Fsp3) is 0.0667. The van der Waals surface area contributed by atoms with Crippen LogP contribution in [-0.2, 0) is 0 Å². The number of hydrogen-bond acceptors (Lipinski definition) is 4. The monoisotopic (exact) mass is 318 g/mol. The number of aromatic nitrogens is 2. The highest BCUT2D eigenvalue weighted by Crippen LogP contribution is 2.34. The average molecular weight is 319 g/mol. The molecule has 3 aromatic rings. The van der Waals surface area contributed by atoms with Crippen LogP contribution in [0.25, 0.3) is 11.0 Å². The molecule has 0 amide bonds. The zero-order chi connectivity index (χ0) is 14.8. The zero-order valence-corrected chi connectivity index (χ0v) is 12.4. The fourth-order valence-corrected chi connectivity index (χ4v) is 2.76. The molecule has 0 radical (unpaired) electrons. The van der Waals surface area contributed by atoms with Gasteiger partial charge in [0.05, 0.1) is 27.1 Å². The van der Waals surface area contributed by atoms with E-state index in [1.54, 1.807) is 18.5 Å². The summed E-state index contributed by atoms with van der Waals surface area (Å²) in [4.78, 5) is 8.70. The molecule has 0 spiro atoms. The Balaban J connectivity index is 2.21. The van der Waals surface area contributed by atoms with Crippen LogP contribution in [0.15, 0.2) is 48.8 Å². The Bertz CT molecular complexity index is 786. The highest BCUT2D eigenvalue weighted by molar-refractivity contribution is 6.42. The molecule has 0 bridgehead atoms. The summed E-state index contributed by atoms with van der Waals surface area (Å²) in [6.07, 6.45) is 3.31. The lowest BCUT2D eigenvalue weighted by molar-refractivity contribution is 0.640. The molecule has 1 unspecified atom stereocenters. The molecule has 6 heteroatoms. The number of rotatable bonds is 3. The Morgan fingerprint density at radius 2 is 1.67 bits per heavy atom. The van der Waals surface area contributed by atoms with E-state index < -0.39 is 0 Å². The van der Waals surface area contributed by atoms with Crippen molar-refractivity contribution in [2.75, 3.05) is 0 Å². The maximum atomic E-state index is 6.30. The van der Waals surface area contributed by atoms with E-state index in [9.17, 15) is 0 Å². The maximum absolute atomic E-state index is 6.30. The van der Waals surface area contributed by atoms with Gasteiger partial charge >= 0.3 is 0 Å². The van der Waals surface area contributed by atoms with Gasteiger partial charge in [-0.15, -0.1) is 0 Å². The summed E-state index contributed by atoms with van der Waals surface area (Å²) in [6.45, 7) is 0. The third-order valence-corrected chi connectivity index (χ3v) is 4.13. The molecule has 1 heterocycles. The Morgan fingerprint density at radius 3 is 2.48 bits per heavy atom. The maximum Gasteiger partial charge on any atom is 0.0938 e. The van der Waals surface area contributed by atoms with Crippen LogP contribution < -0.4 is 11.3 Å². The van der Waals surface area contributed by atoms with Gasteiger partial charge in [-0.3, -0.25) is 15.8 Å². The molecule has 0 aliphatic carbocycles. The van der Waals surface area contributed by atoms with Crippen molar-refractivity contribution in [2.24, 2.45) is 5.84 Å². The van der Waals surface area contributed by atoms with Gasteiger partial charge in [-0.05, 0) is 17.7 Å². The van der Waals surface area contributed by atoms with Crippen LogP contribution in [0.2, 0.25) is 10.0 Å². The van der Waals surface area contributed by atoms with Gasteiger partial charge in [0.25, 0.3) is 0 Å². The van der Waals surface area contributed by atoms with E-state index in [-0.39, 0.29) is 6.04 Å². The van der Waals surface area contributed by atoms with Crippen LogP contribution in [0.4, 0.5) is 0 Å². The normalized spacial score (nSPS) is 12.5. The minimum Gasteiger partial charge on any atom is -0.271 e. The second-order valence-corrected chi connectivity index (χ2v) is 5.30. The van der Waals surface area contributed by atoms with Crippen molar-refractivity contribution in [3.63, 3.8) is 0 Å². The number of nitrogens with two attached hydrogens (primary N) is 1. The summed E-state index contributed by atoms with van der Waals surface area (Å²) in [5.41, 5.74) is 6.05. The number of fused-ring (bicyclic) bond motifs is 1. The first-order chi connectivity index (χ1) is 10.2. The van der Waals surface area contributed by atoms with Crippen molar-refractivity contribution < 1.29 is 0 Å². The van der Waals surface area contributed by atoms with Crippen molar-refractivity contribution in [3.05, 3.63) is 70.0 Å². The average Bonchev–Trinajstić information content (AvgIpc) is 2.52. The first kappa shape index (κ1) is 14.2. The van der Waals surface area contributed by atoms with E-state index in [0.717, 1.165) is 22.2 Å². The Morgan fingerprint density at radius 1 is 0.952 bits per heavy atom. The quantitative estimate of drug-likeness (QED) is 0.573. The highest BCUT2D eigenvalue weighted by atomic mass is 35.5. The van der Waals surface area contributed by atoms with Crippen LogP contribution in [0, 0.1) is 0 Å². The van der Waals surface area contributed by atoms with Crippen LogP contribution in [0.3, 0.4) is 0 Å². The number of nitrogens with zero attached hydrogens (tertiary/aromatic N) is 2. The number of halogens is 2. The third kappa shape index (κ3) is 2.59. The molecule has 3 rings (SSSR count). The summed E-state index contributed by atoms with van der Waals surface area (Å²) < 4.78 is 0. The van der Waals surface area contributed by atoms with Crippen molar-refractivity contribution in [1.82, 2.24) is 15.4 Å². The molecule has 0 saturated carbocycles. The number of nitrogens with one attached hydrogen (secondary N) is 1. The second-order valence-electron chi connectivity index (χ2n) is 4.51. The molecule has 1 aromatic heterocycles. The molecule has 0 saturated heterocycles. The van der Waals surface area contributed by atoms with Gasteiger partial charge in [0.2, 0.25) is 0 Å². The smallest absolute Gasteiger partial charge is 0.0938 e. The van der Waals surface area contributed by atoms with Crippen molar-refractivity contribution in [1.29, 1.82) is 0 Å². The first-order valence-corrected chi connectivity index (χ1v) is 7.07. The summed E-state index contributed by atoms with van der Waals surface area (Å²) in [5, 5.41) is 0.962. The molecular formula is C15H12Cl2N4. The lowest BCUT2D eigenvalue weighted by Crippen LogP contribution is -2.29. The van der Waals surface area contributed by atoms with Gasteiger partial charge < -0.3 is 0 Å². The van der Waals surface area contributed by atoms with E-state index in [2.05, 4.69) is 15.4 Å². The van der Waals surface area contributed by atoms with Crippen molar-refractivity contribution >= 4 is 34.2 Å². The summed E-state index contributed by atoms with van der Waals surface area (Å²) in [7, 11) is 0. The molecule has 0 aliphatic heterocycles. The number of benzene rings is 2. The molecule has 106 valence electrons. The number of hydrazine groups is 1. The SMILES string of the molecule is NNC(c1cccc(Cl)c1Cl)c1cccc2nccnc12. The lowest BCUT2D eigenvalue weighted by atomic mass is 9.98. The standard InChI is InChI=1S/C15H12Cl2N4/c16-11-5-1-3-9(13(11)17)14(21-18)10-4-2-6-12-15(10)20-8-7-19-12/h1-8,14,21H,18H2. The highest BCUT2D eigenvalue weighted by Gasteiger charge is 2.19. The van der Waals surface area contributed by atoms with E-state index in [4.69, 9.17) is 29.0 Å². The molecule has 2 aromatic carbocycles. The van der Waals surface area contributed by atoms with Crippen molar-refractivity contribution in [2.45, 2.75) is 6.04 Å². The van der Waals surface area contributed by atoms with Gasteiger partial charge in [-0.1, -0.05) is 47.5 Å². The fourth-order valence-electron chi connectivity index (χ4n) is 2.34. The molecule has 1 atom stereocenters. The predicted octanol–water partition coefficient (Wildman–Crippen LogP) is 3.49. The van der Waals surface area contributed by atoms with E-state index >= 15 is 0 Å².